The van der Waals surface area contributed by atoms with Crippen LogP contribution in [0.2, 0.25) is 0 Å². The van der Waals surface area contributed by atoms with Gasteiger partial charge in [-0.05, 0) is 24.4 Å². The van der Waals surface area contributed by atoms with Crippen LogP contribution in [0.5, 0.6) is 0 Å². The lowest BCUT2D eigenvalue weighted by atomic mass is 10.0. The predicted molar refractivity (Wildman–Crippen MR) is 84.5 cm³/mol. The zero-order chi connectivity index (χ0) is 15.1. The molecule has 2 rings (SSSR count). The van der Waals surface area contributed by atoms with Crippen LogP contribution in [0.3, 0.4) is 0 Å². The molecule has 2 aromatic carbocycles. The minimum Gasteiger partial charge on any atom is -0.316 e. The number of hydrogen-bond acceptors (Lipinski definition) is 3. The molecule has 0 heterocycles. The lowest BCUT2D eigenvalue weighted by Gasteiger charge is -2.13. The maximum atomic E-state index is 10.9. The molecular weight excluding hydrogens is 264 g/mol. The monoisotopic (exact) mass is 284 g/mol. The van der Waals surface area contributed by atoms with E-state index in [9.17, 15) is 10.1 Å². The molecule has 0 bridgehead atoms. The molecule has 0 saturated carbocycles. The van der Waals surface area contributed by atoms with E-state index in [1.807, 2.05) is 30.3 Å². The fourth-order valence-electron chi connectivity index (χ4n) is 2.34. The van der Waals surface area contributed by atoms with Gasteiger partial charge in [-0.1, -0.05) is 55.5 Å². The second-order valence-electron chi connectivity index (χ2n) is 5.15. The van der Waals surface area contributed by atoms with E-state index in [0.29, 0.717) is 12.3 Å². The number of nitrogens with zero attached hydrogens (tertiary/aromatic N) is 1. The Morgan fingerprint density at radius 1 is 1.10 bits per heavy atom. The molecule has 4 nitrogen and oxygen atoms in total. The van der Waals surface area contributed by atoms with E-state index in [-0.39, 0.29) is 10.6 Å². The second-order valence-corrected chi connectivity index (χ2v) is 5.15. The van der Waals surface area contributed by atoms with Crippen molar-refractivity contribution in [3.8, 4) is 0 Å². The third-order valence-electron chi connectivity index (χ3n) is 3.58. The SMILES string of the molecule is CC(CNCCc1ccccc1[N+](=O)[O-])c1ccccc1. The lowest BCUT2D eigenvalue weighted by Crippen LogP contribution is -2.22. The van der Waals surface area contributed by atoms with E-state index in [2.05, 4.69) is 24.4 Å². The highest BCUT2D eigenvalue weighted by Crippen LogP contribution is 2.18. The maximum absolute atomic E-state index is 10.9. The van der Waals surface area contributed by atoms with E-state index >= 15 is 0 Å². The van der Waals surface area contributed by atoms with Crippen molar-refractivity contribution in [3.05, 3.63) is 75.8 Å². The summed E-state index contributed by atoms with van der Waals surface area (Å²) in [7, 11) is 0. The number of para-hydroxylation sites is 1. The Morgan fingerprint density at radius 3 is 2.48 bits per heavy atom. The van der Waals surface area contributed by atoms with E-state index in [1.54, 1.807) is 12.1 Å². The normalized spacial score (nSPS) is 12.0. The second kappa shape index (κ2) is 7.55. The number of nitro benzene ring substituents is 1. The Labute approximate surface area is 125 Å². The van der Waals surface area contributed by atoms with Crippen molar-refractivity contribution >= 4 is 5.69 Å². The van der Waals surface area contributed by atoms with Crippen LogP contribution < -0.4 is 5.32 Å². The van der Waals surface area contributed by atoms with Gasteiger partial charge in [-0.2, -0.15) is 0 Å². The van der Waals surface area contributed by atoms with E-state index in [4.69, 9.17) is 0 Å². The minimum absolute atomic E-state index is 0.204. The summed E-state index contributed by atoms with van der Waals surface area (Å²) in [4.78, 5) is 10.6. The summed E-state index contributed by atoms with van der Waals surface area (Å²) in [5.41, 5.74) is 2.29. The summed E-state index contributed by atoms with van der Waals surface area (Å²) in [6, 6.07) is 17.3. The van der Waals surface area contributed by atoms with Crippen molar-refractivity contribution in [2.45, 2.75) is 19.3 Å². The smallest absolute Gasteiger partial charge is 0.272 e. The number of hydrogen-bond donors (Lipinski definition) is 1. The number of benzene rings is 2. The van der Waals surface area contributed by atoms with Crippen LogP contribution >= 0.6 is 0 Å². The van der Waals surface area contributed by atoms with Gasteiger partial charge in [0, 0.05) is 18.2 Å². The van der Waals surface area contributed by atoms with Crippen molar-refractivity contribution in [2.75, 3.05) is 13.1 Å². The zero-order valence-electron chi connectivity index (χ0n) is 12.2. The highest BCUT2D eigenvalue weighted by atomic mass is 16.6. The first-order chi connectivity index (χ1) is 10.2. The fourth-order valence-corrected chi connectivity index (χ4v) is 2.34. The molecule has 2 aromatic rings. The molecule has 1 atom stereocenters. The highest BCUT2D eigenvalue weighted by molar-refractivity contribution is 5.39. The predicted octanol–water partition coefficient (Wildman–Crippen LogP) is 3.53. The molecule has 0 amide bonds. The van der Waals surface area contributed by atoms with Gasteiger partial charge in [0.05, 0.1) is 4.92 Å². The fraction of sp³-hybridized carbons (Fsp3) is 0.294. The van der Waals surface area contributed by atoms with Crippen LogP contribution in [0.4, 0.5) is 5.69 Å². The third-order valence-corrected chi connectivity index (χ3v) is 3.58. The molecule has 0 radical (unpaired) electrons. The topological polar surface area (TPSA) is 55.2 Å². The Bertz CT molecular complexity index is 584. The van der Waals surface area contributed by atoms with Gasteiger partial charge in [-0.15, -0.1) is 0 Å². The standard InChI is InChI=1S/C17H20N2O2/c1-14(15-7-3-2-4-8-15)13-18-12-11-16-9-5-6-10-17(16)19(20)21/h2-10,14,18H,11-13H2,1H3. The van der Waals surface area contributed by atoms with Crippen molar-refractivity contribution in [3.63, 3.8) is 0 Å². The first kappa shape index (κ1) is 15.2. The van der Waals surface area contributed by atoms with Crippen molar-refractivity contribution in [2.24, 2.45) is 0 Å². The molecule has 0 saturated heterocycles. The molecule has 0 fully saturated rings. The Hall–Kier alpha value is -2.20. The maximum Gasteiger partial charge on any atom is 0.272 e. The summed E-state index contributed by atoms with van der Waals surface area (Å²) in [5.74, 6) is 0.428. The van der Waals surface area contributed by atoms with Gasteiger partial charge in [0.1, 0.15) is 0 Å². The van der Waals surface area contributed by atoms with Crippen LogP contribution in [0.25, 0.3) is 0 Å². The number of nitrogens with one attached hydrogen (secondary N) is 1. The Balaban J connectivity index is 1.81. The summed E-state index contributed by atoms with van der Waals surface area (Å²) < 4.78 is 0. The van der Waals surface area contributed by atoms with Crippen molar-refractivity contribution < 1.29 is 4.92 Å². The van der Waals surface area contributed by atoms with E-state index < -0.39 is 0 Å². The van der Waals surface area contributed by atoms with Crippen LogP contribution in [-0.4, -0.2) is 18.0 Å². The molecular formula is C17H20N2O2. The minimum atomic E-state index is -0.318. The number of rotatable bonds is 7. The largest absolute Gasteiger partial charge is 0.316 e. The quantitative estimate of drug-likeness (QED) is 0.481. The van der Waals surface area contributed by atoms with Crippen LogP contribution in [0.15, 0.2) is 54.6 Å². The van der Waals surface area contributed by atoms with Crippen molar-refractivity contribution in [1.29, 1.82) is 0 Å². The van der Waals surface area contributed by atoms with Gasteiger partial charge in [0.25, 0.3) is 5.69 Å². The van der Waals surface area contributed by atoms with Gasteiger partial charge in [0.2, 0.25) is 0 Å². The van der Waals surface area contributed by atoms with Crippen LogP contribution in [0, 0.1) is 10.1 Å². The molecule has 0 aromatic heterocycles. The molecule has 110 valence electrons. The average Bonchev–Trinajstić information content (AvgIpc) is 2.52. The molecule has 0 aliphatic carbocycles. The van der Waals surface area contributed by atoms with E-state index in [1.165, 1.54) is 5.56 Å². The highest BCUT2D eigenvalue weighted by Gasteiger charge is 2.11. The van der Waals surface area contributed by atoms with E-state index in [0.717, 1.165) is 18.7 Å². The average molecular weight is 284 g/mol. The third kappa shape index (κ3) is 4.39. The van der Waals surface area contributed by atoms with Gasteiger partial charge in [-0.3, -0.25) is 10.1 Å². The molecule has 1 N–H and O–H groups in total. The summed E-state index contributed by atoms with van der Waals surface area (Å²) in [6.45, 7) is 3.78. The van der Waals surface area contributed by atoms with Crippen LogP contribution in [-0.2, 0) is 6.42 Å². The Morgan fingerprint density at radius 2 is 1.76 bits per heavy atom. The van der Waals surface area contributed by atoms with Gasteiger partial charge in [-0.25, -0.2) is 0 Å². The molecule has 21 heavy (non-hydrogen) atoms. The summed E-state index contributed by atoms with van der Waals surface area (Å²) >= 11 is 0. The van der Waals surface area contributed by atoms with Crippen molar-refractivity contribution in [1.82, 2.24) is 5.32 Å². The molecule has 0 spiro atoms. The molecule has 4 heteroatoms. The summed E-state index contributed by atoms with van der Waals surface area (Å²) in [5, 5.41) is 14.3. The molecule has 0 aliphatic rings. The first-order valence-electron chi connectivity index (χ1n) is 7.16. The number of nitro groups is 1. The zero-order valence-corrected chi connectivity index (χ0v) is 12.2. The van der Waals surface area contributed by atoms with Gasteiger partial charge < -0.3 is 5.32 Å². The molecule has 0 aliphatic heterocycles. The first-order valence-corrected chi connectivity index (χ1v) is 7.16. The summed E-state index contributed by atoms with van der Waals surface area (Å²) in [6.07, 6.45) is 0.665. The van der Waals surface area contributed by atoms with Gasteiger partial charge in [0.15, 0.2) is 0 Å². The Kier molecular flexibility index (Phi) is 5.46. The lowest BCUT2D eigenvalue weighted by molar-refractivity contribution is -0.385. The van der Waals surface area contributed by atoms with Gasteiger partial charge >= 0.3 is 0 Å². The van der Waals surface area contributed by atoms with Crippen LogP contribution in [0.1, 0.15) is 24.0 Å². The molecule has 1 unspecified atom stereocenters.